The van der Waals surface area contributed by atoms with Crippen LogP contribution in [0.1, 0.15) is 49.5 Å². The Morgan fingerprint density at radius 2 is 1.89 bits per heavy atom. The van der Waals surface area contributed by atoms with E-state index in [1.165, 1.54) is 0 Å². The van der Waals surface area contributed by atoms with Gasteiger partial charge in [0.05, 0.1) is 6.61 Å². The Morgan fingerprint density at radius 3 is 2.46 bits per heavy atom. The highest BCUT2D eigenvalue weighted by Gasteiger charge is 2.29. The molecule has 1 aromatic carbocycles. The Labute approximate surface area is 166 Å². The number of amides is 3. The number of nitrogens with one attached hydrogen (secondary N) is 2. The minimum Gasteiger partial charge on any atom is -0.450 e. The molecule has 0 aliphatic carbocycles. The summed E-state index contributed by atoms with van der Waals surface area (Å²) in [7, 11) is 0. The average molecular weight is 389 g/mol. The summed E-state index contributed by atoms with van der Waals surface area (Å²) in [5.74, 6) is -0.492. The minimum absolute atomic E-state index is 0.0182. The van der Waals surface area contributed by atoms with Crippen LogP contribution in [0.4, 0.5) is 4.79 Å². The topological polar surface area (TPSA) is 87.7 Å². The van der Waals surface area contributed by atoms with Crippen LogP contribution in [0.25, 0.3) is 0 Å². The quantitative estimate of drug-likeness (QED) is 0.782. The van der Waals surface area contributed by atoms with Crippen LogP contribution in [0.5, 0.6) is 0 Å². The zero-order valence-corrected chi connectivity index (χ0v) is 17.2. The van der Waals surface area contributed by atoms with Crippen molar-refractivity contribution >= 4 is 17.9 Å². The van der Waals surface area contributed by atoms with E-state index >= 15 is 0 Å². The van der Waals surface area contributed by atoms with E-state index in [4.69, 9.17) is 4.74 Å². The second-order valence-corrected chi connectivity index (χ2v) is 7.53. The molecule has 0 aromatic heterocycles. The lowest BCUT2D eigenvalue weighted by atomic mass is 10.00. The molecule has 7 heteroatoms. The number of benzene rings is 1. The zero-order chi connectivity index (χ0) is 20.7. The molecule has 2 N–H and O–H groups in total. The fourth-order valence-corrected chi connectivity index (χ4v) is 3.26. The minimum atomic E-state index is -0.615. The maximum atomic E-state index is 12.8. The van der Waals surface area contributed by atoms with Crippen LogP contribution >= 0.6 is 0 Å². The van der Waals surface area contributed by atoms with Crippen molar-refractivity contribution in [3.8, 4) is 0 Å². The first-order valence-corrected chi connectivity index (χ1v) is 9.91. The van der Waals surface area contributed by atoms with Crippen molar-refractivity contribution in [1.82, 2.24) is 15.5 Å². The molecule has 1 aliphatic heterocycles. The number of ether oxygens (including phenoxy) is 1. The number of hydrogen-bond acceptors (Lipinski definition) is 4. The van der Waals surface area contributed by atoms with Crippen LogP contribution in [0, 0.1) is 12.8 Å². The molecular weight excluding hydrogens is 358 g/mol. The molecule has 0 saturated carbocycles. The van der Waals surface area contributed by atoms with Crippen molar-refractivity contribution in [2.24, 2.45) is 5.92 Å². The molecular formula is C21H31N3O4. The molecule has 28 heavy (non-hydrogen) atoms. The van der Waals surface area contributed by atoms with Crippen LogP contribution in [-0.2, 0) is 9.53 Å². The first-order valence-electron chi connectivity index (χ1n) is 9.91. The van der Waals surface area contributed by atoms with Crippen LogP contribution in [0.3, 0.4) is 0 Å². The Bertz CT molecular complexity index is 697. The Morgan fingerprint density at radius 1 is 1.21 bits per heavy atom. The highest BCUT2D eigenvalue weighted by molar-refractivity contribution is 5.97. The van der Waals surface area contributed by atoms with Gasteiger partial charge in [0.1, 0.15) is 6.04 Å². The molecule has 1 aliphatic rings. The fourth-order valence-electron chi connectivity index (χ4n) is 3.26. The van der Waals surface area contributed by atoms with Gasteiger partial charge in [-0.1, -0.05) is 31.5 Å². The molecule has 154 valence electrons. The van der Waals surface area contributed by atoms with Gasteiger partial charge in [0.25, 0.3) is 5.91 Å². The number of carbonyl (C=O) groups is 3. The summed E-state index contributed by atoms with van der Waals surface area (Å²) in [6.45, 7) is 8.96. The largest absolute Gasteiger partial charge is 0.450 e. The third kappa shape index (κ3) is 5.97. The number of carbonyl (C=O) groups excluding carboxylic acids is 3. The molecule has 0 unspecified atom stereocenters. The normalized spacial score (nSPS) is 15.8. The molecule has 1 fully saturated rings. The summed E-state index contributed by atoms with van der Waals surface area (Å²) < 4.78 is 5.01. The van der Waals surface area contributed by atoms with Crippen LogP contribution in [0.2, 0.25) is 0 Å². The van der Waals surface area contributed by atoms with E-state index in [0.717, 1.165) is 5.56 Å². The van der Waals surface area contributed by atoms with Crippen molar-refractivity contribution in [2.75, 3.05) is 19.7 Å². The van der Waals surface area contributed by atoms with Gasteiger partial charge in [-0.2, -0.15) is 0 Å². The van der Waals surface area contributed by atoms with Crippen molar-refractivity contribution in [2.45, 2.75) is 52.6 Å². The van der Waals surface area contributed by atoms with Gasteiger partial charge < -0.3 is 20.3 Å². The molecule has 2 rings (SSSR count). The SMILES string of the molecule is CCOC(=O)N1CCC(NC(=O)[C@@H](NC(=O)c2cccc(C)c2)C(C)C)CC1. The van der Waals surface area contributed by atoms with Crippen molar-refractivity contribution < 1.29 is 19.1 Å². The standard InChI is InChI=1S/C21H31N3O4/c1-5-28-21(27)24-11-9-17(10-12-24)22-20(26)18(14(2)3)23-19(25)16-8-6-7-15(4)13-16/h6-8,13-14,17-18H,5,9-12H2,1-4H3,(H,22,26)(H,23,25)/t18-/m0/s1. The van der Waals surface area contributed by atoms with E-state index in [1.807, 2.05) is 32.9 Å². The van der Waals surface area contributed by atoms with Crippen molar-refractivity contribution in [3.05, 3.63) is 35.4 Å². The van der Waals surface area contributed by atoms with Gasteiger partial charge in [-0.3, -0.25) is 9.59 Å². The first kappa shape index (κ1) is 21.7. The predicted molar refractivity (Wildman–Crippen MR) is 107 cm³/mol. The van der Waals surface area contributed by atoms with E-state index in [1.54, 1.807) is 24.0 Å². The number of hydrogen-bond donors (Lipinski definition) is 2. The Balaban J connectivity index is 1.91. The highest BCUT2D eigenvalue weighted by Crippen LogP contribution is 2.13. The van der Waals surface area contributed by atoms with Gasteiger partial charge in [-0.15, -0.1) is 0 Å². The summed E-state index contributed by atoms with van der Waals surface area (Å²) in [5.41, 5.74) is 1.53. The molecule has 0 spiro atoms. The van der Waals surface area contributed by atoms with E-state index in [9.17, 15) is 14.4 Å². The zero-order valence-electron chi connectivity index (χ0n) is 17.2. The van der Waals surface area contributed by atoms with E-state index in [-0.39, 0.29) is 29.9 Å². The second kappa shape index (κ2) is 10.1. The molecule has 1 atom stereocenters. The van der Waals surface area contributed by atoms with Crippen LogP contribution < -0.4 is 10.6 Å². The summed E-state index contributed by atoms with van der Waals surface area (Å²) in [5, 5.41) is 5.89. The fraction of sp³-hybridized carbons (Fsp3) is 0.571. The smallest absolute Gasteiger partial charge is 0.409 e. The third-order valence-electron chi connectivity index (χ3n) is 4.88. The number of nitrogens with zero attached hydrogens (tertiary/aromatic N) is 1. The van der Waals surface area contributed by atoms with E-state index < -0.39 is 6.04 Å². The maximum Gasteiger partial charge on any atom is 0.409 e. The molecule has 3 amide bonds. The molecule has 7 nitrogen and oxygen atoms in total. The first-order chi connectivity index (χ1) is 13.3. The summed E-state index contributed by atoms with van der Waals surface area (Å²) in [4.78, 5) is 38.7. The monoisotopic (exact) mass is 389 g/mol. The number of likely N-dealkylation sites (tertiary alicyclic amines) is 1. The van der Waals surface area contributed by atoms with Gasteiger partial charge in [0.2, 0.25) is 5.91 Å². The van der Waals surface area contributed by atoms with Gasteiger partial charge in [0.15, 0.2) is 0 Å². The highest BCUT2D eigenvalue weighted by atomic mass is 16.6. The van der Waals surface area contributed by atoms with Crippen LogP contribution in [0.15, 0.2) is 24.3 Å². The number of piperidine rings is 1. The summed E-state index contributed by atoms with van der Waals surface area (Å²) in [6.07, 6.45) is 1.03. The molecule has 0 radical (unpaired) electrons. The summed E-state index contributed by atoms with van der Waals surface area (Å²) >= 11 is 0. The number of rotatable bonds is 6. The van der Waals surface area contributed by atoms with Gasteiger partial charge >= 0.3 is 6.09 Å². The molecule has 1 saturated heterocycles. The lowest BCUT2D eigenvalue weighted by molar-refractivity contribution is -0.124. The molecule has 1 aromatic rings. The summed E-state index contributed by atoms with van der Waals surface area (Å²) in [6, 6.07) is 6.66. The lowest BCUT2D eigenvalue weighted by Gasteiger charge is -2.33. The Kier molecular flexibility index (Phi) is 7.84. The predicted octanol–water partition coefficient (Wildman–Crippen LogP) is 2.49. The molecule has 1 heterocycles. The maximum absolute atomic E-state index is 12.8. The number of aryl methyl sites for hydroxylation is 1. The van der Waals surface area contributed by atoms with Gasteiger partial charge in [-0.05, 0) is 44.7 Å². The van der Waals surface area contributed by atoms with Crippen molar-refractivity contribution in [1.29, 1.82) is 0 Å². The van der Waals surface area contributed by atoms with E-state index in [0.29, 0.717) is 38.1 Å². The molecule has 0 bridgehead atoms. The average Bonchev–Trinajstić information content (AvgIpc) is 2.66. The lowest BCUT2D eigenvalue weighted by Crippen LogP contribution is -2.54. The Hall–Kier alpha value is -2.57. The van der Waals surface area contributed by atoms with E-state index in [2.05, 4.69) is 10.6 Å². The second-order valence-electron chi connectivity index (χ2n) is 7.53. The van der Waals surface area contributed by atoms with Crippen molar-refractivity contribution in [3.63, 3.8) is 0 Å². The van der Waals surface area contributed by atoms with Gasteiger partial charge in [0, 0.05) is 24.7 Å². The third-order valence-corrected chi connectivity index (χ3v) is 4.88. The van der Waals surface area contributed by atoms with Gasteiger partial charge in [-0.25, -0.2) is 4.79 Å². The van der Waals surface area contributed by atoms with Crippen LogP contribution in [-0.4, -0.2) is 54.6 Å².